The first-order valence-electron chi connectivity index (χ1n) is 7.83. The van der Waals surface area contributed by atoms with Gasteiger partial charge in [0.2, 0.25) is 0 Å². The molecule has 2 aliphatic heterocycles. The molecule has 0 radical (unpaired) electrons. The monoisotopic (exact) mass is 319 g/mol. The lowest BCUT2D eigenvalue weighted by Gasteiger charge is -2.30. The second-order valence-corrected chi connectivity index (χ2v) is 6.01. The van der Waals surface area contributed by atoms with E-state index in [2.05, 4.69) is 53.5 Å². The van der Waals surface area contributed by atoms with Crippen LogP contribution in [0.4, 0.5) is 4.79 Å². The van der Waals surface area contributed by atoms with Gasteiger partial charge < -0.3 is 16.1 Å². The maximum absolute atomic E-state index is 11.3. The maximum atomic E-state index is 11.3. The zero-order chi connectivity index (χ0) is 16.9. The molecule has 1 spiro atoms. The van der Waals surface area contributed by atoms with Crippen molar-refractivity contribution in [2.45, 2.75) is 38.6 Å². The van der Waals surface area contributed by atoms with Crippen LogP contribution in [0.25, 0.3) is 0 Å². The van der Waals surface area contributed by atoms with Gasteiger partial charge in [0.25, 0.3) is 5.91 Å². The SMILES string of the molecule is CC1=CCC=C(C)C(NN)=C1.O=C1NC(=O)C2(CCNCC2)N1. The minimum absolute atomic E-state index is 0.172. The summed E-state index contributed by atoms with van der Waals surface area (Å²) in [5.74, 6) is 5.17. The van der Waals surface area contributed by atoms with Gasteiger partial charge in [-0.1, -0.05) is 17.7 Å². The van der Waals surface area contributed by atoms with Crippen LogP contribution in [0.15, 0.2) is 35.1 Å². The highest BCUT2D eigenvalue weighted by atomic mass is 16.2. The molecule has 3 rings (SSSR count). The van der Waals surface area contributed by atoms with Gasteiger partial charge in [0, 0.05) is 0 Å². The molecule has 0 aromatic rings. The third-order valence-electron chi connectivity index (χ3n) is 4.29. The van der Waals surface area contributed by atoms with Gasteiger partial charge in [-0.2, -0.15) is 0 Å². The molecule has 7 heteroatoms. The molecule has 0 aromatic heterocycles. The highest BCUT2D eigenvalue weighted by molar-refractivity contribution is 6.07. The molecule has 3 aliphatic rings. The molecule has 0 unspecified atom stereocenters. The first kappa shape index (κ1) is 17.2. The molecule has 23 heavy (non-hydrogen) atoms. The summed E-state index contributed by atoms with van der Waals surface area (Å²) in [6, 6.07) is -0.359. The summed E-state index contributed by atoms with van der Waals surface area (Å²) < 4.78 is 0. The van der Waals surface area contributed by atoms with Gasteiger partial charge >= 0.3 is 6.03 Å². The molecule has 2 fully saturated rings. The molecular formula is C16H25N5O2. The van der Waals surface area contributed by atoms with Crippen LogP contribution in [0.2, 0.25) is 0 Å². The smallest absolute Gasteiger partial charge is 0.322 e. The number of imide groups is 1. The van der Waals surface area contributed by atoms with E-state index in [9.17, 15) is 9.59 Å². The molecular weight excluding hydrogens is 294 g/mol. The summed E-state index contributed by atoms with van der Waals surface area (Å²) in [6.07, 6.45) is 8.75. The Morgan fingerprint density at radius 3 is 2.43 bits per heavy atom. The maximum Gasteiger partial charge on any atom is 0.322 e. The van der Waals surface area contributed by atoms with Crippen LogP contribution in [-0.4, -0.2) is 30.6 Å². The third-order valence-corrected chi connectivity index (χ3v) is 4.29. The van der Waals surface area contributed by atoms with Crippen molar-refractivity contribution < 1.29 is 9.59 Å². The number of nitrogens with one attached hydrogen (secondary N) is 4. The number of carbonyl (C=O) groups excluding carboxylic acids is 2. The summed E-state index contributed by atoms with van der Waals surface area (Å²) in [5.41, 5.74) is 5.54. The molecule has 6 N–H and O–H groups in total. The molecule has 2 heterocycles. The van der Waals surface area contributed by atoms with E-state index in [1.807, 2.05) is 0 Å². The molecule has 2 saturated heterocycles. The third kappa shape index (κ3) is 4.20. The van der Waals surface area contributed by atoms with E-state index >= 15 is 0 Å². The standard InChI is InChI=1S/C9H14N2.C7H11N3O2/c1-7-4-3-5-8(2)9(6-7)11-10;11-5-7(10-6(12)9-5)1-3-8-4-2-7/h4-6,11H,3,10H2,1-2H3;8H,1-4H2,(H2,9,10,11,12). The Labute approximate surface area is 136 Å². The van der Waals surface area contributed by atoms with Crippen LogP contribution in [0.5, 0.6) is 0 Å². The number of rotatable bonds is 1. The van der Waals surface area contributed by atoms with E-state index in [-0.39, 0.29) is 11.9 Å². The number of hydrazine groups is 1. The second-order valence-electron chi connectivity index (χ2n) is 6.01. The van der Waals surface area contributed by atoms with Crippen LogP contribution in [0.1, 0.15) is 33.1 Å². The van der Waals surface area contributed by atoms with E-state index in [0.29, 0.717) is 12.8 Å². The van der Waals surface area contributed by atoms with E-state index in [4.69, 9.17) is 5.84 Å². The van der Waals surface area contributed by atoms with E-state index < -0.39 is 5.54 Å². The molecule has 126 valence electrons. The Bertz CT molecular complexity index is 571. The fourth-order valence-electron chi connectivity index (χ4n) is 2.82. The fourth-order valence-corrected chi connectivity index (χ4v) is 2.82. The Morgan fingerprint density at radius 1 is 1.17 bits per heavy atom. The van der Waals surface area contributed by atoms with Crippen LogP contribution in [-0.2, 0) is 4.79 Å². The van der Waals surface area contributed by atoms with Crippen molar-refractivity contribution in [1.82, 2.24) is 21.4 Å². The van der Waals surface area contributed by atoms with E-state index in [0.717, 1.165) is 25.2 Å². The van der Waals surface area contributed by atoms with Crippen molar-refractivity contribution in [2.75, 3.05) is 13.1 Å². The Kier molecular flexibility index (Phi) is 5.57. The number of nitrogens with two attached hydrogens (primary N) is 1. The zero-order valence-corrected chi connectivity index (χ0v) is 13.7. The van der Waals surface area contributed by atoms with Crippen LogP contribution < -0.4 is 27.2 Å². The average molecular weight is 319 g/mol. The lowest BCUT2D eigenvalue weighted by atomic mass is 9.89. The quantitative estimate of drug-likeness (QED) is 0.276. The zero-order valence-electron chi connectivity index (χ0n) is 13.7. The van der Waals surface area contributed by atoms with Crippen molar-refractivity contribution in [2.24, 2.45) is 5.84 Å². The molecule has 0 saturated carbocycles. The first-order chi connectivity index (χ1) is 11.0. The number of urea groups is 1. The first-order valence-corrected chi connectivity index (χ1v) is 7.83. The normalized spacial score (nSPS) is 22.7. The van der Waals surface area contributed by atoms with E-state index in [1.165, 1.54) is 11.1 Å². The Hall–Kier alpha value is -2.12. The molecule has 0 atom stereocenters. The number of amides is 3. The fraction of sp³-hybridized carbons (Fsp3) is 0.500. The molecule has 3 amide bonds. The summed E-state index contributed by atoms with van der Waals surface area (Å²) >= 11 is 0. The summed E-state index contributed by atoms with van der Waals surface area (Å²) in [5, 5.41) is 8.08. The Balaban J connectivity index is 0.000000168. The number of hydrogen-bond donors (Lipinski definition) is 5. The van der Waals surface area contributed by atoms with Gasteiger partial charge in [0.15, 0.2) is 0 Å². The minimum Gasteiger partial charge on any atom is -0.324 e. The van der Waals surface area contributed by atoms with Gasteiger partial charge in [-0.25, -0.2) is 4.79 Å². The average Bonchev–Trinajstić information content (AvgIpc) is 2.68. The van der Waals surface area contributed by atoms with Gasteiger partial charge in [0.05, 0.1) is 5.70 Å². The van der Waals surface area contributed by atoms with Crippen LogP contribution in [0, 0.1) is 0 Å². The molecule has 0 bridgehead atoms. The lowest BCUT2D eigenvalue weighted by Crippen LogP contribution is -2.53. The van der Waals surface area contributed by atoms with Gasteiger partial charge in [-0.15, -0.1) is 0 Å². The van der Waals surface area contributed by atoms with E-state index in [1.54, 1.807) is 0 Å². The van der Waals surface area contributed by atoms with Crippen molar-refractivity contribution >= 4 is 11.9 Å². The number of hydrogen-bond acceptors (Lipinski definition) is 5. The summed E-state index contributed by atoms with van der Waals surface area (Å²) in [7, 11) is 0. The van der Waals surface area contributed by atoms with Crippen molar-refractivity contribution in [3.05, 3.63) is 35.1 Å². The number of allylic oxidation sites excluding steroid dienone is 5. The van der Waals surface area contributed by atoms with Crippen LogP contribution >= 0.6 is 0 Å². The highest BCUT2D eigenvalue weighted by Crippen LogP contribution is 2.21. The van der Waals surface area contributed by atoms with Gasteiger partial charge in [-0.3, -0.25) is 16.0 Å². The molecule has 7 nitrogen and oxygen atoms in total. The molecule has 0 aromatic carbocycles. The summed E-state index contributed by atoms with van der Waals surface area (Å²) in [6.45, 7) is 5.70. The second kappa shape index (κ2) is 7.43. The predicted octanol–water partition coefficient (Wildman–Crippen LogP) is 0.578. The number of carbonyl (C=O) groups is 2. The number of piperidine rings is 1. The van der Waals surface area contributed by atoms with Crippen molar-refractivity contribution in [3.8, 4) is 0 Å². The van der Waals surface area contributed by atoms with Gasteiger partial charge in [-0.05, 0) is 57.8 Å². The van der Waals surface area contributed by atoms with Crippen molar-refractivity contribution in [1.29, 1.82) is 0 Å². The topological polar surface area (TPSA) is 108 Å². The van der Waals surface area contributed by atoms with Gasteiger partial charge in [0.1, 0.15) is 5.54 Å². The highest BCUT2D eigenvalue weighted by Gasteiger charge is 2.46. The summed E-state index contributed by atoms with van der Waals surface area (Å²) in [4.78, 5) is 22.2. The Morgan fingerprint density at radius 2 is 1.87 bits per heavy atom. The lowest BCUT2D eigenvalue weighted by molar-refractivity contribution is -0.124. The molecule has 1 aliphatic carbocycles. The minimum atomic E-state index is -0.609. The largest absolute Gasteiger partial charge is 0.324 e. The van der Waals surface area contributed by atoms with Crippen LogP contribution in [0.3, 0.4) is 0 Å². The van der Waals surface area contributed by atoms with Crippen molar-refractivity contribution in [3.63, 3.8) is 0 Å². The predicted molar refractivity (Wildman–Crippen MR) is 89.0 cm³/mol.